The van der Waals surface area contributed by atoms with Crippen molar-refractivity contribution in [1.82, 2.24) is 0 Å². The molecule has 0 fully saturated rings. The molecule has 1 amide bonds. The lowest BCUT2D eigenvalue weighted by atomic mass is 10.1. The number of carbonyl (C=O) groups excluding carboxylic acids is 1. The van der Waals surface area contributed by atoms with E-state index in [-0.39, 0.29) is 11.5 Å². The van der Waals surface area contributed by atoms with Crippen molar-refractivity contribution in [3.63, 3.8) is 0 Å². The van der Waals surface area contributed by atoms with E-state index in [4.69, 9.17) is 9.15 Å². The van der Waals surface area contributed by atoms with Crippen LogP contribution in [-0.2, 0) is 0 Å². The zero-order valence-electron chi connectivity index (χ0n) is 14.4. The monoisotopic (exact) mass is 337 g/mol. The molecule has 2 aromatic carbocycles. The number of hydrogen-bond acceptors (Lipinski definition) is 4. The van der Waals surface area contributed by atoms with Crippen molar-refractivity contribution in [3.05, 3.63) is 70.1 Å². The second-order valence-corrected chi connectivity index (χ2v) is 5.74. The molecule has 5 heteroatoms. The third-order valence-electron chi connectivity index (χ3n) is 4.05. The quantitative estimate of drug-likeness (QED) is 0.680. The van der Waals surface area contributed by atoms with Crippen LogP contribution < -0.4 is 15.3 Å². The molecule has 1 aromatic heterocycles. The Balaban J connectivity index is 2.06. The lowest BCUT2D eigenvalue weighted by Gasteiger charge is -2.21. The minimum Gasteiger partial charge on any atom is -0.497 e. The van der Waals surface area contributed by atoms with Crippen molar-refractivity contribution < 1.29 is 13.9 Å². The Kier molecular flexibility index (Phi) is 4.57. The van der Waals surface area contributed by atoms with E-state index in [1.807, 2.05) is 38.1 Å². The highest BCUT2D eigenvalue weighted by Gasteiger charge is 2.21. The van der Waals surface area contributed by atoms with Crippen LogP contribution in [0.1, 0.15) is 22.8 Å². The van der Waals surface area contributed by atoms with Crippen LogP contribution in [0, 0.1) is 6.92 Å². The number of hydrogen-bond donors (Lipinski definition) is 0. The van der Waals surface area contributed by atoms with Crippen LogP contribution in [0.4, 0.5) is 5.69 Å². The summed E-state index contributed by atoms with van der Waals surface area (Å²) in [5, 5.41) is 0.670. The summed E-state index contributed by atoms with van der Waals surface area (Å²) >= 11 is 0. The number of benzene rings is 2. The van der Waals surface area contributed by atoms with Gasteiger partial charge in [-0.05, 0) is 49.7 Å². The molecule has 3 rings (SSSR count). The summed E-state index contributed by atoms with van der Waals surface area (Å²) < 4.78 is 10.5. The van der Waals surface area contributed by atoms with Gasteiger partial charge in [-0.25, -0.2) is 4.79 Å². The molecule has 0 aliphatic heterocycles. The summed E-state index contributed by atoms with van der Waals surface area (Å²) in [5.74, 6) is 0.212. The lowest BCUT2D eigenvalue weighted by Crippen LogP contribution is -2.33. The second kappa shape index (κ2) is 6.81. The first-order valence-corrected chi connectivity index (χ1v) is 8.04. The summed E-state index contributed by atoms with van der Waals surface area (Å²) in [6.07, 6.45) is 0. The highest BCUT2D eigenvalue weighted by atomic mass is 16.5. The van der Waals surface area contributed by atoms with E-state index in [0.29, 0.717) is 23.3 Å². The van der Waals surface area contributed by atoms with Gasteiger partial charge in [0.05, 0.1) is 7.11 Å². The Morgan fingerprint density at radius 3 is 2.64 bits per heavy atom. The molecule has 5 nitrogen and oxygen atoms in total. The van der Waals surface area contributed by atoms with Crippen molar-refractivity contribution in [2.24, 2.45) is 0 Å². The van der Waals surface area contributed by atoms with Crippen molar-refractivity contribution in [2.45, 2.75) is 13.8 Å². The fourth-order valence-corrected chi connectivity index (χ4v) is 2.75. The number of fused-ring (bicyclic) bond motifs is 1. The molecule has 0 aliphatic carbocycles. The van der Waals surface area contributed by atoms with Gasteiger partial charge in [0.2, 0.25) is 0 Å². The molecule has 0 aliphatic rings. The normalized spacial score (nSPS) is 10.7. The van der Waals surface area contributed by atoms with Crippen LogP contribution in [0.25, 0.3) is 11.0 Å². The Morgan fingerprint density at radius 2 is 1.96 bits per heavy atom. The third kappa shape index (κ3) is 3.26. The van der Waals surface area contributed by atoms with E-state index in [1.54, 1.807) is 29.2 Å². The first-order valence-electron chi connectivity index (χ1n) is 8.04. The standard InChI is InChI=1S/C20H19NO4/c1-4-21(15-7-5-6-13(2)10-15)19(22)17-11-14-8-9-16(24-3)12-18(14)25-20(17)23/h5-12H,4H2,1-3H3. The van der Waals surface area contributed by atoms with E-state index < -0.39 is 5.63 Å². The van der Waals surface area contributed by atoms with Crippen molar-refractivity contribution in [2.75, 3.05) is 18.6 Å². The van der Waals surface area contributed by atoms with E-state index in [0.717, 1.165) is 11.3 Å². The smallest absolute Gasteiger partial charge is 0.349 e. The summed E-state index contributed by atoms with van der Waals surface area (Å²) in [5.41, 5.74) is 1.54. The molecule has 0 saturated heterocycles. The highest BCUT2D eigenvalue weighted by Crippen LogP contribution is 2.22. The Bertz CT molecular complexity index is 990. The van der Waals surface area contributed by atoms with Gasteiger partial charge in [0, 0.05) is 23.7 Å². The molecular weight excluding hydrogens is 318 g/mol. The van der Waals surface area contributed by atoms with Gasteiger partial charge in [0.1, 0.15) is 16.9 Å². The fraction of sp³-hybridized carbons (Fsp3) is 0.200. The lowest BCUT2D eigenvalue weighted by molar-refractivity contribution is 0.0985. The van der Waals surface area contributed by atoms with Gasteiger partial charge in [0.15, 0.2) is 0 Å². The van der Waals surface area contributed by atoms with E-state index in [1.165, 1.54) is 7.11 Å². The Hall–Kier alpha value is -3.08. The first-order chi connectivity index (χ1) is 12.0. The summed E-state index contributed by atoms with van der Waals surface area (Å²) in [6.45, 7) is 4.27. The van der Waals surface area contributed by atoms with Gasteiger partial charge in [-0.15, -0.1) is 0 Å². The highest BCUT2D eigenvalue weighted by molar-refractivity contribution is 6.07. The van der Waals surface area contributed by atoms with Gasteiger partial charge in [0.25, 0.3) is 5.91 Å². The summed E-state index contributed by atoms with van der Waals surface area (Å²) in [7, 11) is 1.54. The average molecular weight is 337 g/mol. The van der Waals surface area contributed by atoms with E-state index >= 15 is 0 Å². The van der Waals surface area contributed by atoms with Crippen LogP contribution >= 0.6 is 0 Å². The van der Waals surface area contributed by atoms with Crippen LogP contribution in [-0.4, -0.2) is 19.6 Å². The molecule has 0 unspecified atom stereocenters. The molecular formula is C20H19NO4. The maximum atomic E-state index is 12.9. The first kappa shape index (κ1) is 16.8. The SMILES string of the molecule is CCN(C(=O)c1cc2ccc(OC)cc2oc1=O)c1cccc(C)c1. The number of carbonyl (C=O) groups is 1. The number of methoxy groups -OCH3 is 1. The largest absolute Gasteiger partial charge is 0.497 e. The molecule has 0 radical (unpaired) electrons. The van der Waals surface area contributed by atoms with Crippen LogP contribution in [0.2, 0.25) is 0 Å². The number of aryl methyl sites for hydroxylation is 1. The number of ether oxygens (including phenoxy) is 1. The van der Waals surface area contributed by atoms with Crippen molar-refractivity contribution >= 4 is 22.6 Å². The average Bonchev–Trinajstić information content (AvgIpc) is 2.61. The molecule has 25 heavy (non-hydrogen) atoms. The minimum absolute atomic E-state index is 0.0148. The van der Waals surface area contributed by atoms with E-state index in [2.05, 4.69) is 0 Å². The number of nitrogens with zero attached hydrogens (tertiary/aromatic N) is 1. The van der Waals surface area contributed by atoms with Gasteiger partial charge in [-0.1, -0.05) is 12.1 Å². The van der Waals surface area contributed by atoms with Crippen molar-refractivity contribution in [3.8, 4) is 5.75 Å². The molecule has 0 bridgehead atoms. The molecule has 0 N–H and O–H groups in total. The van der Waals surface area contributed by atoms with Gasteiger partial charge in [-0.3, -0.25) is 4.79 Å². The predicted molar refractivity (Wildman–Crippen MR) is 97.6 cm³/mol. The molecule has 128 valence electrons. The van der Waals surface area contributed by atoms with Gasteiger partial charge >= 0.3 is 5.63 Å². The maximum Gasteiger partial charge on any atom is 0.349 e. The second-order valence-electron chi connectivity index (χ2n) is 5.74. The number of anilines is 1. The molecule has 0 saturated carbocycles. The molecule has 0 spiro atoms. The Labute approximate surface area is 145 Å². The third-order valence-corrected chi connectivity index (χ3v) is 4.05. The molecule has 0 atom stereocenters. The topological polar surface area (TPSA) is 59.8 Å². The van der Waals surface area contributed by atoms with Crippen LogP contribution in [0.5, 0.6) is 5.75 Å². The van der Waals surface area contributed by atoms with E-state index in [9.17, 15) is 9.59 Å². The molecule has 1 heterocycles. The van der Waals surface area contributed by atoms with Crippen molar-refractivity contribution in [1.29, 1.82) is 0 Å². The Morgan fingerprint density at radius 1 is 1.16 bits per heavy atom. The summed E-state index contributed by atoms with van der Waals surface area (Å²) in [6, 6.07) is 14.3. The minimum atomic E-state index is -0.656. The van der Waals surface area contributed by atoms with Gasteiger partial charge < -0.3 is 14.1 Å². The van der Waals surface area contributed by atoms with Gasteiger partial charge in [-0.2, -0.15) is 0 Å². The number of rotatable bonds is 4. The molecule has 3 aromatic rings. The van der Waals surface area contributed by atoms with Crippen LogP contribution in [0.15, 0.2) is 57.7 Å². The number of amides is 1. The van der Waals surface area contributed by atoms with Crippen LogP contribution in [0.3, 0.4) is 0 Å². The zero-order chi connectivity index (χ0) is 18.0. The maximum absolute atomic E-state index is 12.9. The summed E-state index contributed by atoms with van der Waals surface area (Å²) in [4.78, 5) is 26.8. The fourth-order valence-electron chi connectivity index (χ4n) is 2.75. The predicted octanol–water partition coefficient (Wildman–Crippen LogP) is 3.78. The zero-order valence-corrected chi connectivity index (χ0v) is 14.4.